The van der Waals surface area contributed by atoms with Gasteiger partial charge in [-0.2, -0.15) is 0 Å². The fourth-order valence-corrected chi connectivity index (χ4v) is 3.17. The van der Waals surface area contributed by atoms with E-state index < -0.39 is 5.92 Å². The maximum absolute atomic E-state index is 12.6. The van der Waals surface area contributed by atoms with Crippen LogP contribution in [-0.4, -0.2) is 23.2 Å². The molecule has 28 heavy (non-hydrogen) atoms. The summed E-state index contributed by atoms with van der Waals surface area (Å²) in [5, 5.41) is 13.9. The lowest BCUT2D eigenvalue weighted by Gasteiger charge is -2.17. The Kier molecular flexibility index (Phi) is 6.34. The molecule has 5 nitrogen and oxygen atoms in total. The maximum Gasteiger partial charge on any atom is 0.237 e. The van der Waals surface area contributed by atoms with Crippen LogP contribution >= 0.6 is 15.9 Å². The number of halogens is 1. The van der Waals surface area contributed by atoms with Gasteiger partial charge in [-0.05, 0) is 23.3 Å². The topological polar surface area (TPSA) is 78.8 Å². The third-order valence-corrected chi connectivity index (χ3v) is 4.80. The van der Waals surface area contributed by atoms with Crippen LogP contribution in [-0.2, 0) is 4.79 Å². The van der Waals surface area contributed by atoms with E-state index in [1.165, 1.54) is 0 Å². The molecule has 0 aliphatic rings. The SMILES string of the molecule is O=C(c1ccccc1)c1ccc([C@H](C(=O)N/C=N\O)c2ccc(Br)cc2)cc1. The monoisotopic (exact) mass is 436 g/mol. The number of nitrogens with zero attached hydrogens (tertiary/aromatic N) is 1. The number of nitrogens with one attached hydrogen (secondary N) is 1. The van der Waals surface area contributed by atoms with Crippen LogP contribution in [0.25, 0.3) is 0 Å². The predicted octanol–water partition coefficient (Wildman–Crippen LogP) is 4.35. The van der Waals surface area contributed by atoms with E-state index in [9.17, 15) is 9.59 Å². The van der Waals surface area contributed by atoms with Crippen molar-refractivity contribution in [3.05, 3.63) is 106 Å². The van der Waals surface area contributed by atoms with E-state index in [0.29, 0.717) is 11.1 Å². The van der Waals surface area contributed by atoms with Crippen molar-refractivity contribution in [3.63, 3.8) is 0 Å². The highest BCUT2D eigenvalue weighted by molar-refractivity contribution is 9.10. The minimum Gasteiger partial charge on any atom is -0.410 e. The fourth-order valence-electron chi connectivity index (χ4n) is 2.91. The Bertz CT molecular complexity index is 985. The molecule has 0 aromatic heterocycles. The molecule has 3 aromatic rings. The number of ketones is 1. The zero-order valence-electron chi connectivity index (χ0n) is 14.7. The van der Waals surface area contributed by atoms with E-state index in [-0.39, 0.29) is 11.7 Å². The molecule has 0 saturated carbocycles. The Labute approximate surface area is 170 Å². The first kappa shape index (κ1) is 19.5. The zero-order chi connectivity index (χ0) is 19.9. The Morgan fingerprint density at radius 1 is 0.857 bits per heavy atom. The lowest BCUT2D eigenvalue weighted by Crippen LogP contribution is -2.29. The fraction of sp³-hybridized carbons (Fsp3) is 0.0455. The maximum atomic E-state index is 12.6. The lowest BCUT2D eigenvalue weighted by molar-refractivity contribution is -0.120. The molecule has 0 bridgehead atoms. The molecule has 6 heteroatoms. The second kappa shape index (κ2) is 9.10. The quantitative estimate of drug-likeness (QED) is 0.198. The summed E-state index contributed by atoms with van der Waals surface area (Å²) in [5.41, 5.74) is 2.64. The standard InChI is InChI=1S/C22H17BrN2O3/c23-19-12-10-16(11-13-19)20(22(27)24-14-25-28)15-6-8-18(9-7-15)21(26)17-4-2-1-3-5-17/h1-14,20,28H,(H,24,25,27)/t20-/m0/s1. The molecule has 0 saturated heterocycles. The minimum absolute atomic E-state index is 0.0794. The highest BCUT2D eigenvalue weighted by Gasteiger charge is 2.23. The van der Waals surface area contributed by atoms with Crippen molar-refractivity contribution in [2.75, 3.05) is 0 Å². The van der Waals surface area contributed by atoms with Crippen molar-refractivity contribution >= 4 is 34.0 Å². The van der Waals surface area contributed by atoms with Crippen LogP contribution in [0.15, 0.2) is 88.5 Å². The molecular weight excluding hydrogens is 420 g/mol. The van der Waals surface area contributed by atoms with E-state index >= 15 is 0 Å². The average molecular weight is 437 g/mol. The molecular formula is C22H17BrN2O3. The number of hydrogen-bond donors (Lipinski definition) is 2. The summed E-state index contributed by atoms with van der Waals surface area (Å²) in [5.74, 6) is -1.04. The summed E-state index contributed by atoms with van der Waals surface area (Å²) in [6, 6.07) is 23.4. The van der Waals surface area contributed by atoms with Gasteiger partial charge in [-0.1, -0.05) is 87.8 Å². The normalized spacial score (nSPS) is 11.9. The second-order valence-corrected chi connectivity index (χ2v) is 6.97. The van der Waals surface area contributed by atoms with E-state index in [0.717, 1.165) is 21.9 Å². The predicted molar refractivity (Wildman–Crippen MR) is 111 cm³/mol. The van der Waals surface area contributed by atoms with Gasteiger partial charge in [-0.25, -0.2) is 0 Å². The van der Waals surface area contributed by atoms with Crippen molar-refractivity contribution in [1.29, 1.82) is 0 Å². The molecule has 0 aliphatic carbocycles. The van der Waals surface area contributed by atoms with Crippen molar-refractivity contribution in [3.8, 4) is 0 Å². The Morgan fingerprint density at radius 2 is 1.39 bits per heavy atom. The Hall–Kier alpha value is -3.25. The van der Waals surface area contributed by atoms with Gasteiger partial charge in [-0.3, -0.25) is 9.59 Å². The third-order valence-electron chi connectivity index (χ3n) is 4.27. The molecule has 140 valence electrons. The number of carbonyl (C=O) groups excluding carboxylic acids is 2. The highest BCUT2D eigenvalue weighted by Crippen LogP contribution is 2.27. The van der Waals surface area contributed by atoms with Gasteiger partial charge in [-0.15, -0.1) is 0 Å². The first-order chi connectivity index (χ1) is 13.6. The summed E-state index contributed by atoms with van der Waals surface area (Å²) in [4.78, 5) is 25.2. The Morgan fingerprint density at radius 3 is 1.96 bits per heavy atom. The third kappa shape index (κ3) is 4.53. The van der Waals surface area contributed by atoms with E-state index in [2.05, 4.69) is 26.4 Å². The second-order valence-electron chi connectivity index (χ2n) is 6.05. The summed E-state index contributed by atoms with van der Waals surface area (Å²) in [6.45, 7) is 0. The molecule has 3 aromatic carbocycles. The molecule has 0 heterocycles. The number of carbonyl (C=O) groups is 2. The van der Waals surface area contributed by atoms with Gasteiger partial charge >= 0.3 is 0 Å². The molecule has 0 radical (unpaired) electrons. The number of oxime groups is 1. The van der Waals surface area contributed by atoms with Gasteiger partial charge in [0.1, 0.15) is 6.34 Å². The van der Waals surface area contributed by atoms with Crippen molar-refractivity contribution < 1.29 is 14.8 Å². The number of rotatable bonds is 6. The molecule has 3 rings (SSSR count). The van der Waals surface area contributed by atoms with E-state index in [1.54, 1.807) is 36.4 Å². The van der Waals surface area contributed by atoms with Gasteiger partial charge in [0.2, 0.25) is 5.91 Å². The van der Waals surface area contributed by atoms with Gasteiger partial charge in [0.25, 0.3) is 0 Å². The van der Waals surface area contributed by atoms with Crippen LogP contribution in [0.3, 0.4) is 0 Å². The highest BCUT2D eigenvalue weighted by atomic mass is 79.9. The molecule has 0 spiro atoms. The van der Waals surface area contributed by atoms with Crippen LogP contribution in [0.1, 0.15) is 33.0 Å². The van der Waals surface area contributed by atoms with Gasteiger partial charge in [0.15, 0.2) is 5.78 Å². The smallest absolute Gasteiger partial charge is 0.237 e. The van der Waals surface area contributed by atoms with Crippen molar-refractivity contribution in [2.45, 2.75) is 5.92 Å². The molecule has 0 aliphatic heterocycles. The molecule has 1 atom stereocenters. The van der Waals surface area contributed by atoms with Crippen LogP contribution in [0.5, 0.6) is 0 Å². The summed E-state index contributed by atoms with van der Waals surface area (Å²) < 4.78 is 0.899. The largest absolute Gasteiger partial charge is 0.410 e. The van der Waals surface area contributed by atoms with Gasteiger partial charge in [0.05, 0.1) is 5.92 Å². The number of benzene rings is 3. The van der Waals surface area contributed by atoms with Crippen LogP contribution in [0.4, 0.5) is 0 Å². The van der Waals surface area contributed by atoms with Crippen molar-refractivity contribution in [2.24, 2.45) is 5.16 Å². The molecule has 0 unspecified atom stereocenters. The van der Waals surface area contributed by atoms with Crippen LogP contribution in [0.2, 0.25) is 0 Å². The first-order valence-electron chi connectivity index (χ1n) is 8.51. The zero-order valence-corrected chi connectivity index (χ0v) is 16.3. The summed E-state index contributed by atoms with van der Waals surface area (Å²) >= 11 is 3.39. The van der Waals surface area contributed by atoms with E-state index in [4.69, 9.17) is 5.21 Å². The van der Waals surface area contributed by atoms with Crippen LogP contribution in [0, 0.1) is 0 Å². The average Bonchev–Trinajstić information content (AvgIpc) is 2.74. The van der Waals surface area contributed by atoms with Crippen LogP contribution < -0.4 is 5.32 Å². The lowest BCUT2D eigenvalue weighted by atomic mass is 9.89. The molecule has 2 N–H and O–H groups in total. The summed E-state index contributed by atoms with van der Waals surface area (Å²) in [6.07, 6.45) is 0.932. The summed E-state index contributed by atoms with van der Waals surface area (Å²) in [7, 11) is 0. The van der Waals surface area contributed by atoms with E-state index in [1.807, 2.05) is 42.5 Å². The molecule has 1 amide bonds. The number of amides is 1. The van der Waals surface area contributed by atoms with Crippen molar-refractivity contribution in [1.82, 2.24) is 5.32 Å². The Balaban J connectivity index is 1.93. The van der Waals surface area contributed by atoms with Gasteiger partial charge < -0.3 is 10.5 Å². The van der Waals surface area contributed by atoms with Gasteiger partial charge in [0, 0.05) is 15.6 Å². The number of hydrogen-bond acceptors (Lipinski definition) is 4. The first-order valence-corrected chi connectivity index (χ1v) is 9.31. The molecule has 0 fully saturated rings. The minimum atomic E-state index is -0.619.